The normalized spacial score (nSPS) is 11.8. The molecule has 0 bridgehead atoms. The molecular weight excluding hydrogens is 259 g/mol. The SMILES string of the molecule is OCCN(CC(F)(F)F)c1cnc2ccccc2n1. The van der Waals surface area contributed by atoms with Crippen LogP contribution in [-0.2, 0) is 0 Å². The summed E-state index contributed by atoms with van der Waals surface area (Å²) < 4.78 is 37.4. The third-order valence-corrected chi connectivity index (χ3v) is 2.50. The van der Waals surface area contributed by atoms with Crippen molar-refractivity contribution in [3.8, 4) is 0 Å². The Hall–Kier alpha value is -1.89. The Morgan fingerprint density at radius 2 is 1.84 bits per heavy atom. The van der Waals surface area contributed by atoms with E-state index < -0.39 is 12.7 Å². The first-order valence-electron chi connectivity index (χ1n) is 5.64. The van der Waals surface area contributed by atoms with Crippen LogP contribution in [0.25, 0.3) is 11.0 Å². The van der Waals surface area contributed by atoms with Crippen molar-refractivity contribution in [1.29, 1.82) is 0 Å². The van der Waals surface area contributed by atoms with Gasteiger partial charge in [0.05, 0.1) is 23.8 Å². The molecular formula is C12H12F3N3O. The summed E-state index contributed by atoms with van der Waals surface area (Å²) >= 11 is 0. The average Bonchev–Trinajstić information content (AvgIpc) is 2.36. The van der Waals surface area contributed by atoms with Gasteiger partial charge in [0.15, 0.2) is 0 Å². The smallest absolute Gasteiger partial charge is 0.395 e. The number of fused-ring (bicyclic) bond motifs is 1. The van der Waals surface area contributed by atoms with E-state index in [-0.39, 0.29) is 19.0 Å². The van der Waals surface area contributed by atoms with Gasteiger partial charge in [0, 0.05) is 6.54 Å². The average molecular weight is 271 g/mol. The van der Waals surface area contributed by atoms with Crippen LogP contribution >= 0.6 is 0 Å². The quantitative estimate of drug-likeness (QED) is 0.924. The second-order valence-electron chi connectivity index (χ2n) is 3.98. The fourth-order valence-corrected chi connectivity index (χ4v) is 1.71. The van der Waals surface area contributed by atoms with Crippen LogP contribution in [0.1, 0.15) is 0 Å². The van der Waals surface area contributed by atoms with Gasteiger partial charge in [-0.1, -0.05) is 12.1 Å². The number of anilines is 1. The van der Waals surface area contributed by atoms with Crippen molar-refractivity contribution in [2.24, 2.45) is 0 Å². The molecule has 0 aliphatic carbocycles. The molecule has 4 nitrogen and oxygen atoms in total. The van der Waals surface area contributed by atoms with Crippen LogP contribution in [0, 0.1) is 0 Å². The van der Waals surface area contributed by atoms with Gasteiger partial charge in [-0.05, 0) is 12.1 Å². The molecule has 0 amide bonds. The molecule has 0 fully saturated rings. The van der Waals surface area contributed by atoms with E-state index in [0.717, 1.165) is 4.90 Å². The van der Waals surface area contributed by atoms with E-state index in [4.69, 9.17) is 5.11 Å². The molecule has 0 atom stereocenters. The predicted molar refractivity (Wildman–Crippen MR) is 64.9 cm³/mol. The Morgan fingerprint density at radius 3 is 2.47 bits per heavy atom. The molecule has 102 valence electrons. The highest BCUT2D eigenvalue weighted by Gasteiger charge is 2.31. The number of hydrogen-bond donors (Lipinski definition) is 1. The molecule has 0 aliphatic rings. The maximum Gasteiger partial charge on any atom is 0.405 e. The minimum atomic E-state index is -4.36. The van der Waals surface area contributed by atoms with E-state index in [1.165, 1.54) is 6.20 Å². The van der Waals surface area contributed by atoms with Crippen molar-refractivity contribution in [1.82, 2.24) is 9.97 Å². The molecule has 0 unspecified atom stereocenters. The maximum absolute atomic E-state index is 12.5. The van der Waals surface area contributed by atoms with Crippen molar-refractivity contribution in [2.75, 3.05) is 24.6 Å². The second kappa shape index (κ2) is 5.40. The molecule has 1 heterocycles. The fraction of sp³-hybridized carbons (Fsp3) is 0.333. The van der Waals surface area contributed by atoms with E-state index in [1.807, 2.05) is 0 Å². The summed E-state index contributed by atoms with van der Waals surface area (Å²) in [5, 5.41) is 8.85. The van der Waals surface area contributed by atoms with Gasteiger partial charge >= 0.3 is 6.18 Å². The Bertz CT molecular complexity index is 559. The molecule has 1 aromatic heterocycles. The number of para-hydroxylation sites is 2. The Kier molecular flexibility index (Phi) is 3.84. The molecule has 1 N–H and O–H groups in total. The Labute approximate surface area is 107 Å². The van der Waals surface area contributed by atoms with Crippen molar-refractivity contribution >= 4 is 16.9 Å². The highest BCUT2D eigenvalue weighted by Crippen LogP contribution is 2.21. The molecule has 0 spiro atoms. The monoisotopic (exact) mass is 271 g/mol. The summed E-state index contributed by atoms with van der Waals surface area (Å²) in [4.78, 5) is 9.15. The molecule has 19 heavy (non-hydrogen) atoms. The van der Waals surface area contributed by atoms with Gasteiger partial charge in [0.1, 0.15) is 12.4 Å². The van der Waals surface area contributed by atoms with Crippen molar-refractivity contribution in [3.05, 3.63) is 30.5 Å². The Morgan fingerprint density at radius 1 is 1.16 bits per heavy atom. The standard InChI is InChI=1S/C12H12F3N3O/c13-12(14,15)8-18(5-6-19)11-7-16-9-3-1-2-4-10(9)17-11/h1-4,7,19H,5-6,8H2. The lowest BCUT2D eigenvalue weighted by Crippen LogP contribution is -2.36. The number of aliphatic hydroxyl groups is 1. The van der Waals surface area contributed by atoms with Crippen LogP contribution in [0.15, 0.2) is 30.5 Å². The zero-order chi connectivity index (χ0) is 13.9. The van der Waals surface area contributed by atoms with Crippen LogP contribution in [0.5, 0.6) is 0 Å². The minimum Gasteiger partial charge on any atom is -0.395 e. The van der Waals surface area contributed by atoms with E-state index in [0.29, 0.717) is 11.0 Å². The molecule has 0 saturated carbocycles. The molecule has 2 rings (SSSR count). The molecule has 2 aromatic rings. The maximum atomic E-state index is 12.5. The molecule has 1 aromatic carbocycles. The summed E-state index contributed by atoms with van der Waals surface area (Å²) in [5.74, 6) is 0.102. The lowest BCUT2D eigenvalue weighted by atomic mass is 10.3. The van der Waals surface area contributed by atoms with Crippen LogP contribution in [0.4, 0.5) is 19.0 Å². The van der Waals surface area contributed by atoms with Gasteiger partial charge in [0.2, 0.25) is 0 Å². The van der Waals surface area contributed by atoms with Gasteiger partial charge in [0.25, 0.3) is 0 Å². The van der Waals surface area contributed by atoms with Crippen molar-refractivity contribution in [3.63, 3.8) is 0 Å². The first-order chi connectivity index (χ1) is 8.99. The number of aliphatic hydroxyl groups excluding tert-OH is 1. The van der Waals surface area contributed by atoms with Crippen LogP contribution in [0.2, 0.25) is 0 Å². The first-order valence-corrected chi connectivity index (χ1v) is 5.64. The zero-order valence-electron chi connectivity index (χ0n) is 9.93. The number of nitrogens with zero attached hydrogens (tertiary/aromatic N) is 3. The highest BCUT2D eigenvalue weighted by molar-refractivity contribution is 5.75. The van der Waals surface area contributed by atoms with E-state index in [9.17, 15) is 13.2 Å². The number of alkyl halides is 3. The van der Waals surface area contributed by atoms with Gasteiger partial charge < -0.3 is 10.0 Å². The number of aromatic nitrogens is 2. The van der Waals surface area contributed by atoms with Gasteiger partial charge in [-0.3, -0.25) is 4.98 Å². The van der Waals surface area contributed by atoms with Crippen LogP contribution in [0.3, 0.4) is 0 Å². The van der Waals surface area contributed by atoms with Crippen molar-refractivity contribution < 1.29 is 18.3 Å². The predicted octanol–water partition coefficient (Wildman–Crippen LogP) is 1.99. The second-order valence-corrected chi connectivity index (χ2v) is 3.98. The van der Waals surface area contributed by atoms with Crippen molar-refractivity contribution in [2.45, 2.75) is 6.18 Å². The third kappa shape index (κ3) is 3.54. The van der Waals surface area contributed by atoms with E-state index >= 15 is 0 Å². The van der Waals surface area contributed by atoms with E-state index in [1.54, 1.807) is 24.3 Å². The molecule has 0 aliphatic heterocycles. The molecule has 0 saturated heterocycles. The number of halogens is 3. The highest BCUT2D eigenvalue weighted by atomic mass is 19.4. The topological polar surface area (TPSA) is 49.2 Å². The summed E-state index contributed by atoms with van der Waals surface area (Å²) in [6.45, 7) is -1.70. The number of rotatable bonds is 4. The summed E-state index contributed by atoms with van der Waals surface area (Å²) in [5.41, 5.74) is 1.13. The van der Waals surface area contributed by atoms with Gasteiger partial charge in [-0.15, -0.1) is 0 Å². The third-order valence-electron chi connectivity index (χ3n) is 2.50. The van der Waals surface area contributed by atoms with Crippen LogP contribution in [-0.4, -0.2) is 40.9 Å². The zero-order valence-corrected chi connectivity index (χ0v) is 9.93. The largest absolute Gasteiger partial charge is 0.405 e. The fourth-order valence-electron chi connectivity index (χ4n) is 1.71. The Balaban J connectivity index is 2.33. The summed E-state index contributed by atoms with van der Waals surface area (Å²) in [7, 11) is 0. The lowest BCUT2D eigenvalue weighted by molar-refractivity contribution is -0.119. The first kappa shape index (κ1) is 13.5. The molecule has 7 heteroatoms. The summed E-state index contributed by atoms with van der Waals surface area (Å²) in [6, 6.07) is 6.92. The molecule has 0 radical (unpaired) electrons. The minimum absolute atomic E-state index is 0.102. The summed E-state index contributed by atoms with van der Waals surface area (Å²) in [6.07, 6.45) is -3.08. The van der Waals surface area contributed by atoms with Gasteiger partial charge in [-0.25, -0.2) is 4.98 Å². The van der Waals surface area contributed by atoms with Gasteiger partial charge in [-0.2, -0.15) is 13.2 Å². The van der Waals surface area contributed by atoms with E-state index in [2.05, 4.69) is 9.97 Å². The number of hydrogen-bond acceptors (Lipinski definition) is 4. The van der Waals surface area contributed by atoms with Crippen LogP contribution < -0.4 is 4.90 Å². The number of benzene rings is 1. The lowest BCUT2D eigenvalue weighted by Gasteiger charge is -2.23.